The van der Waals surface area contributed by atoms with E-state index in [0.717, 1.165) is 5.92 Å². The number of esters is 1. The second-order valence-electron chi connectivity index (χ2n) is 7.89. The topological polar surface area (TPSA) is 149 Å². The van der Waals surface area contributed by atoms with Gasteiger partial charge in [-0.05, 0) is 26.7 Å². The molecular weight excluding hydrogens is 406 g/mol. The number of carbonyl (C=O) groups excluding carboxylic acids is 2. The van der Waals surface area contributed by atoms with Gasteiger partial charge in [-0.15, -0.1) is 0 Å². The second kappa shape index (κ2) is 22.0. The van der Waals surface area contributed by atoms with Gasteiger partial charge in [-0.2, -0.15) is 0 Å². The van der Waals surface area contributed by atoms with Crippen molar-refractivity contribution in [3.63, 3.8) is 0 Å². The van der Waals surface area contributed by atoms with Gasteiger partial charge in [-0.3, -0.25) is 9.59 Å². The third kappa shape index (κ3) is 24.9. The molecule has 1 aliphatic heterocycles. The van der Waals surface area contributed by atoms with Gasteiger partial charge in [0.05, 0.1) is 18.1 Å². The van der Waals surface area contributed by atoms with Crippen LogP contribution in [0.25, 0.3) is 0 Å². The fourth-order valence-corrected chi connectivity index (χ4v) is 1.62. The van der Waals surface area contributed by atoms with Gasteiger partial charge in [0, 0.05) is 13.3 Å². The molecular formula is C22H49NO8. The lowest BCUT2D eigenvalue weighted by molar-refractivity contribution is -0.258. The van der Waals surface area contributed by atoms with Crippen molar-refractivity contribution in [2.75, 3.05) is 13.4 Å². The fraction of sp³-hybridized carbons (Fsp3) is 0.909. The van der Waals surface area contributed by atoms with E-state index >= 15 is 0 Å². The normalized spacial score (nSPS) is 22.0. The summed E-state index contributed by atoms with van der Waals surface area (Å²) in [7, 11) is 0. The van der Waals surface area contributed by atoms with Crippen LogP contribution >= 0.6 is 0 Å². The minimum Gasteiger partial charge on any atom is -0.438 e. The molecule has 9 nitrogen and oxygen atoms in total. The van der Waals surface area contributed by atoms with E-state index in [1.165, 1.54) is 6.92 Å². The molecule has 1 saturated heterocycles. The number of amides is 1. The van der Waals surface area contributed by atoms with E-state index in [-0.39, 0.29) is 19.1 Å². The Kier molecular flexibility index (Phi) is 26.3. The smallest absolute Gasteiger partial charge is 0.313 e. The van der Waals surface area contributed by atoms with E-state index < -0.39 is 42.6 Å². The van der Waals surface area contributed by atoms with Gasteiger partial charge in [0.2, 0.25) is 5.91 Å². The van der Waals surface area contributed by atoms with Crippen LogP contribution in [0, 0.1) is 11.3 Å². The SMILES string of the molecule is CC.CC.CC(C)(C)C(=O)OCOC1CC(O)OC(CO)C1O.CC(C)C.CC(N)=O. The lowest BCUT2D eigenvalue weighted by Crippen LogP contribution is -2.51. The van der Waals surface area contributed by atoms with Crippen LogP contribution in [-0.2, 0) is 23.8 Å². The summed E-state index contributed by atoms with van der Waals surface area (Å²) in [5.41, 5.74) is 3.84. The molecule has 0 aromatic carbocycles. The maximum Gasteiger partial charge on any atom is 0.313 e. The zero-order valence-electron chi connectivity index (χ0n) is 21.5. The molecule has 0 saturated carbocycles. The summed E-state index contributed by atoms with van der Waals surface area (Å²) in [6.45, 7) is 20.2. The average molecular weight is 456 g/mol. The van der Waals surface area contributed by atoms with E-state index in [4.69, 9.17) is 19.3 Å². The Labute approximate surface area is 189 Å². The Balaban J connectivity index is -0.000000253. The van der Waals surface area contributed by atoms with Crippen molar-refractivity contribution in [3.05, 3.63) is 0 Å². The van der Waals surface area contributed by atoms with Crippen molar-refractivity contribution in [2.24, 2.45) is 17.1 Å². The zero-order chi connectivity index (χ0) is 25.8. The first-order valence-electron chi connectivity index (χ1n) is 10.9. The lowest BCUT2D eigenvalue weighted by atomic mass is 9.98. The van der Waals surface area contributed by atoms with Gasteiger partial charge >= 0.3 is 5.97 Å². The number of primary amides is 1. The van der Waals surface area contributed by atoms with E-state index in [1.54, 1.807) is 20.8 Å². The molecule has 5 N–H and O–H groups in total. The number of aliphatic hydroxyl groups is 3. The molecule has 1 amide bonds. The van der Waals surface area contributed by atoms with Crippen LogP contribution in [0.2, 0.25) is 0 Å². The first-order valence-corrected chi connectivity index (χ1v) is 10.9. The maximum absolute atomic E-state index is 11.5. The maximum atomic E-state index is 11.5. The number of rotatable bonds is 4. The van der Waals surface area contributed by atoms with Crippen molar-refractivity contribution in [3.8, 4) is 0 Å². The molecule has 4 unspecified atom stereocenters. The Bertz CT molecular complexity index is 417. The monoisotopic (exact) mass is 455 g/mol. The summed E-state index contributed by atoms with van der Waals surface area (Å²) < 4.78 is 15.1. The molecule has 1 fully saturated rings. The first-order chi connectivity index (χ1) is 14.2. The van der Waals surface area contributed by atoms with Gasteiger partial charge in [-0.25, -0.2) is 0 Å². The molecule has 1 rings (SSSR count). The number of hydrogen-bond donors (Lipinski definition) is 4. The van der Waals surface area contributed by atoms with Gasteiger partial charge < -0.3 is 35.3 Å². The van der Waals surface area contributed by atoms with Gasteiger partial charge in [0.15, 0.2) is 13.1 Å². The Morgan fingerprint density at radius 2 is 1.48 bits per heavy atom. The standard InChI is InChI=1S/C12H22O7.C4H10.C2H5NO.2C2H6/c1-12(2,3)11(16)18-6-17-7-4-9(14)19-8(5-13)10(7)15;1-4(2)3;1-2(3)4;2*1-2/h7-10,13-15H,4-6H2,1-3H3;4H,1-3H3;1H3,(H2,3,4);2*1-2H3. The van der Waals surface area contributed by atoms with Crippen LogP contribution in [0.3, 0.4) is 0 Å². The predicted molar refractivity (Wildman–Crippen MR) is 122 cm³/mol. The fourth-order valence-electron chi connectivity index (χ4n) is 1.62. The minimum absolute atomic E-state index is 0.0464. The van der Waals surface area contributed by atoms with Crippen molar-refractivity contribution in [1.82, 2.24) is 0 Å². The molecule has 9 heteroatoms. The molecule has 1 aliphatic rings. The molecule has 1 heterocycles. The molecule has 0 aliphatic carbocycles. The van der Waals surface area contributed by atoms with Crippen molar-refractivity contribution >= 4 is 11.9 Å². The molecule has 31 heavy (non-hydrogen) atoms. The average Bonchev–Trinajstić information content (AvgIpc) is 2.65. The van der Waals surface area contributed by atoms with Crippen LogP contribution in [-0.4, -0.2) is 65.2 Å². The first kappa shape index (κ1) is 37.1. The molecule has 0 bridgehead atoms. The number of aliphatic hydroxyl groups excluding tert-OH is 3. The highest BCUT2D eigenvalue weighted by Crippen LogP contribution is 2.22. The lowest BCUT2D eigenvalue weighted by Gasteiger charge is -2.36. The summed E-state index contributed by atoms with van der Waals surface area (Å²) in [6.07, 6.45) is -3.82. The Morgan fingerprint density at radius 3 is 1.81 bits per heavy atom. The largest absolute Gasteiger partial charge is 0.438 e. The van der Waals surface area contributed by atoms with Crippen LogP contribution in [0.1, 0.15) is 82.6 Å². The van der Waals surface area contributed by atoms with E-state index in [2.05, 4.69) is 26.5 Å². The van der Waals surface area contributed by atoms with E-state index in [0.29, 0.717) is 0 Å². The van der Waals surface area contributed by atoms with Gasteiger partial charge in [0.25, 0.3) is 0 Å². The highest BCUT2D eigenvalue weighted by molar-refractivity contribution is 5.75. The quantitative estimate of drug-likeness (QED) is 0.373. The highest BCUT2D eigenvalue weighted by atomic mass is 16.7. The summed E-state index contributed by atoms with van der Waals surface area (Å²) in [5.74, 6) is 0.0771. The van der Waals surface area contributed by atoms with E-state index in [1.807, 2.05) is 27.7 Å². The summed E-state index contributed by atoms with van der Waals surface area (Å²) in [4.78, 5) is 20.7. The molecule has 0 aromatic rings. The van der Waals surface area contributed by atoms with Crippen molar-refractivity contribution < 1.29 is 39.1 Å². The number of nitrogens with two attached hydrogens (primary N) is 1. The number of carbonyl (C=O) groups is 2. The summed E-state index contributed by atoms with van der Waals surface area (Å²) in [6, 6.07) is 0. The molecule has 190 valence electrons. The third-order valence-electron chi connectivity index (χ3n) is 2.79. The van der Waals surface area contributed by atoms with Crippen LogP contribution in [0.4, 0.5) is 0 Å². The molecule has 0 spiro atoms. The second-order valence-corrected chi connectivity index (χ2v) is 7.89. The summed E-state index contributed by atoms with van der Waals surface area (Å²) >= 11 is 0. The predicted octanol–water partition coefficient (Wildman–Crippen LogP) is 2.59. The molecule has 0 aromatic heterocycles. The Morgan fingerprint density at radius 1 is 1.10 bits per heavy atom. The molecule has 0 radical (unpaired) electrons. The van der Waals surface area contributed by atoms with Crippen molar-refractivity contribution in [2.45, 2.75) is 107 Å². The van der Waals surface area contributed by atoms with Crippen LogP contribution in [0.15, 0.2) is 0 Å². The van der Waals surface area contributed by atoms with Crippen LogP contribution < -0.4 is 5.73 Å². The van der Waals surface area contributed by atoms with Gasteiger partial charge in [-0.1, -0.05) is 48.5 Å². The van der Waals surface area contributed by atoms with E-state index in [9.17, 15) is 19.8 Å². The Hall–Kier alpha value is -1.26. The third-order valence-corrected chi connectivity index (χ3v) is 2.79. The summed E-state index contributed by atoms with van der Waals surface area (Å²) in [5, 5.41) is 28.2. The highest BCUT2D eigenvalue weighted by Gasteiger charge is 2.37. The van der Waals surface area contributed by atoms with Crippen LogP contribution in [0.5, 0.6) is 0 Å². The van der Waals surface area contributed by atoms with Crippen molar-refractivity contribution in [1.29, 1.82) is 0 Å². The van der Waals surface area contributed by atoms with Gasteiger partial charge in [0.1, 0.15) is 12.2 Å². The number of ether oxygens (including phenoxy) is 3. The number of hydrogen-bond acceptors (Lipinski definition) is 8. The zero-order valence-corrected chi connectivity index (χ0v) is 21.5. The minimum atomic E-state index is -1.12. The molecule has 4 atom stereocenters.